The second-order valence-electron chi connectivity index (χ2n) is 4.61. The number of ketones is 1. The van der Waals surface area contributed by atoms with Crippen molar-refractivity contribution in [3.63, 3.8) is 0 Å². The molecule has 0 fully saturated rings. The van der Waals surface area contributed by atoms with Gasteiger partial charge in [-0.3, -0.25) is 18.8 Å². The lowest BCUT2D eigenvalue weighted by atomic mass is 10.3. The molecule has 3 aromatic rings. The van der Waals surface area contributed by atoms with Gasteiger partial charge in [0.2, 0.25) is 0 Å². The van der Waals surface area contributed by atoms with Crippen molar-refractivity contribution in [3.05, 3.63) is 46.9 Å². The molecule has 102 valence electrons. The molecule has 0 saturated heterocycles. The molecule has 0 aromatic carbocycles. The minimum absolute atomic E-state index is 0.0332. The molecule has 7 nitrogen and oxygen atoms in total. The van der Waals surface area contributed by atoms with Gasteiger partial charge >= 0.3 is 0 Å². The van der Waals surface area contributed by atoms with Crippen LogP contribution < -0.4 is 5.56 Å². The Morgan fingerprint density at radius 1 is 1.35 bits per heavy atom. The average Bonchev–Trinajstić information content (AvgIpc) is 3.00. The van der Waals surface area contributed by atoms with Gasteiger partial charge in [0.15, 0.2) is 11.4 Å². The van der Waals surface area contributed by atoms with Gasteiger partial charge < -0.3 is 4.57 Å². The van der Waals surface area contributed by atoms with Gasteiger partial charge in [-0.2, -0.15) is 5.10 Å². The molecular formula is C13H13N5O2. The van der Waals surface area contributed by atoms with Crippen LogP contribution in [0.25, 0.3) is 11.0 Å². The minimum atomic E-state index is -0.259. The topological polar surface area (TPSA) is 74.7 Å². The van der Waals surface area contributed by atoms with E-state index in [0.717, 1.165) is 0 Å². The van der Waals surface area contributed by atoms with E-state index < -0.39 is 0 Å². The first-order valence-electron chi connectivity index (χ1n) is 6.09. The molecule has 0 saturated carbocycles. The second kappa shape index (κ2) is 4.44. The highest BCUT2D eigenvalue weighted by Gasteiger charge is 2.13. The highest BCUT2D eigenvalue weighted by molar-refractivity contribution is 5.94. The van der Waals surface area contributed by atoms with Gasteiger partial charge in [-0.1, -0.05) is 0 Å². The van der Waals surface area contributed by atoms with Crippen LogP contribution >= 0.6 is 0 Å². The van der Waals surface area contributed by atoms with Crippen molar-refractivity contribution < 1.29 is 4.79 Å². The second-order valence-corrected chi connectivity index (χ2v) is 4.61. The number of aryl methyl sites for hydroxylation is 2. The summed E-state index contributed by atoms with van der Waals surface area (Å²) in [5.74, 6) is -0.135. The summed E-state index contributed by atoms with van der Waals surface area (Å²) in [6.07, 6.45) is 4.64. The Morgan fingerprint density at radius 2 is 2.15 bits per heavy atom. The molecule has 0 atom stereocenters. The average molecular weight is 271 g/mol. The predicted octanol–water partition coefficient (Wildman–Crippen LogP) is 0.351. The number of hydrogen-bond acceptors (Lipinski definition) is 4. The van der Waals surface area contributed by atoms with Crippen LogP contribution in [0, 0.1) is 0 Å². The van der Waals surface area contributed by atoms with Gasteiger partial charge in [-0.15, -0.1) is 0 Å². The lowest BCUT2D eigenvalue weighted by Gasteiger charge is -2.05. The number of carbonyl (C=O) groups excluding carboxylic acids is 1. The van der Waals surface area contributed by atoms with E-state index in [0.29, 0.717) is 16.7 Å². The molecule has 0 aliphatic heterocycles. The van der Waals surface area contributed by atoms with E-state index in [1.165, 1.54) is 21.8 Å². The maximum atomic E-state index is 12.2. The summed E-state index contributed by atoms with van der Waals surface area (Å²) in [6.45, 7) is -0.0332. The fourth-order valence-corrected chi connectivity index (χ4v) is 2.17. The van der Waals surface area contributed by atoms with Crippen molar-refractivity contribution in [2.75, 3.05) is 0 Å². The standard InChI is InChI=1S/C13H13N5O2/c1-16-5-3-4-10(16)11(19)7-18-8-14-12-9(13(18)20)6-15-17(12)2/h3-6,8H,7H2,1-2H3. The summed E-state index contributed by atoms with van der Waals surface area (Å²) in [6, 6.07) is 3.52. The molecule has 0 unspecified atom stereocenters. The monoisotopic (exact) mass is 271 g/mol. The van der Waals surface area contributed by atoms with E-state index in [4.69, 9.17) is 0 Å². The van der Waals surface area contributed by atoms with Crippen molar-refractivity contribution in [3.8, 4) is 0 Å². The molecule has 3 rings (SSSR count). The van der Waals surface area contributed by atoms with Gasteiger partial charge in [0.25, 0.3) is 5.56 Å². The SMILES string of the molecule is Cn1cccc1C(=O)Cn1cnc2c(cnn2C)c1=O. The van der Waals surface area contributed by atoms with Crippen LogP contribution in [0.1, 0.15) is 10.5 Å². The third kappa shape index (κ3) is 1.83. The molecule has 0 amide bonds. The molecule has 3 heterocycles. The Morgan fingerprint density at radius 3 is 2.85 bits per heavy atom. The first kappa shape index (κ1) is 12.3. The minimum Gasteiger partial charge on any atom is -0.348 e. The highest BCUT2D eigenvalue weighted by atomic mass is 16.1. The van der Waals surface area contributed by atoms with Crippen LogP contribution in [0.4, 0.5) is 0 Å². The fraction of sp³-hybridized carbons (Fsp3) is 0.231. The normalized spacial score (nSPS) is 11.1. The van der Waals surface area contributed by atoms with Gasteiger partial charge in [0.1, 0.15) is 11.7 Å². The number of hydrogen-bond donors (Lipinski definition) is 0. The van der Waals surface area contributed by atoms with Crippen LogP contribution in [0.2, 0.25) is 0 Å². The Balaban J connectivity index is 2.00. The molecule has 3 aromatic heterocycles. The quantitative estimate of drug-likeness (QED) is 0.644. The smallest absolute Gasteiger partial charge is 0.264 e. The van der Waals surface area contributed by atoms with Crippen LogP contribution in [-0.2, 0) is 20.6 Å². The van der Waals surface area contributed by atoms with E-state index in [9.17, 15) is 9.59 Å². The summed E-state index contributed by atoms with van der Waals surface area (Å²) in [5.41, 5.74) is 0.811. The number of carbonyl (C=O) groups is 1. The predicted molar refractivity (Wildman–Crippen MR) is 72.5 cm³/mol. The van der Waals surface area contributed by atoms with Crippen molar-refractivity contribution in [1.82, 2.24) is 23.9 Å². The fourth-order valence-electron chi connectivity index (χ4n) is 2.17. The van der Waals surface area contributed by atoms with E-state index in [1.54, 1.807) is 37.0 Å². The zero-order valence-corrected chi connectivity index (χ0v) is 11.1. The van der Waals surface area contributed by atoms with Crippen molar-refractivity contribution in [2.45, 2.75) is 6.54 Å². The first-order valence-corrected chi connectivity index (χ1v) is 6.09. The molecule has 0 bridgehead atoms. The Hall–Kier alpha value is -2.70. The third-order valence-corrected chi connectivity index (χ3v) is 3.26. The molecule has 0 radical (unpaired) electrons. The molecule has 0 aliphatic carbocycles. The van der Waals surface area contributed by atoms with Crippen molar-refractivity contribution >= 4 is 16.8 Å². The van der Waals surface area contributed by atoms with Gasteiger partial charge in [-0.25, -0.2) is 4.98 Å². The van der Waals surface area contributed by atoms with E-state index in [-0.39, 0.29) is 17.9 Å². The molecule has 0 N–H and O–H groups in total. The van der Waals surface area contributed by atoms with Gasteiger partial charge in [0.05, 0.1) is 18.4 Å². The molecule has 0 spiro atoms. The summed E-state index contributed by atoms with van der Waals surface area (Å²) in [4.78, 5) is 28.6. The summed E-state index contributed by atoms with van der Waals surface area (Å²) >= 11 is 0. The van der Waals surface area contributed by atoms with Crippen LogP contribution in [0.3, 0.4) is 0 Å². The van der Waals surface area contributed by atoms with Crippen molar-refractivity contribution in [1.29, 1.82) is 0 Å². The first-order chi connectivity index (χ1) is 9.58. The highest BCUT2D eigenvalue weighted by Crippen LogP contribution is 2.05. The molecule has 7 heteroatoms. The Labute approximate surface area is 114 Å². The largest absolute Gasteiger partial charge is 0.348 e. The lowest BCUT2D eigenvalue weighted by Crippen LogP contribution is -2.25. The molecule has 20 heavy (non-hydrogen) atoms. The van der Waals surface area contributed by atoms with Crippen molar-refractivity contribution in [2.24, 2.45) is 14.1 Å². The summed E-state index contributed by atoms with van der Waals surface area (Å²) < 4.78 is 4.56. The van der Waals surface area contributed by atoms with Crippen LogP contribution in [0.5, 0.6) is 0 Å². The lowest BCUT2D eigenvalue weighted by molar-refractivity contribution is 0.0962. The van der Waals surface area contributed by atoms with E-state index in [2.05, 4.69) is 10.1 Å². The van der Waals surface area contributed by atoms with Gasteiger partial charge in [-0.05, 0) is 12.1 Å². The van der Waals surface area contributed by atoms with E-state index >= 15 is 0 Å². The molecule has 0 aliphatic rings. The zero-order chi connectivity index (χ0) is 14.3. The number of aromatic nitrogens is 5. The maximum Gasteiger partial charge on any atom is 0.264 e. The van der Waals surface area contributed by atoms with Crippen LogP contribution in [-0.4, -0.2) is 29.7 Å². The summed E-state index contributed by atoms with van der Waals surface area (Å²) in [7, 11) is 3.51. The van der Waals surface area contributed by atoms with Crippen LogP contribution in [0.15, 0.2) is 35.6 Å². The molecular weight excluding hydrogens is 258 g/mol. The maximum absolute atomic E-state index is 12.2. The number of rotatable bonds is 3. The van der Waals surface area contributed by atoms with E-state index in [1.807, 2.05) is 0 Å². The van der Waals surface area contributed by atoms with Gasteiger partial charge in [0, 0.05) is 20.3 Å². The summed E-state index contributed by atoms with van der Waals surface area (Å²) in [5, 5.41) is 4.40. The Kier molecular flexibility index (Phi) is 2.74. The Bertz CT molecular complexity index is 855. The zero-order valence-electron chi connectivity index (χ0n) is 11.1. The number of nitrogens with zero attached hydrogens (tertiary/aromatic N) is 5. The number of fused-ring (bicyclic) bond motifs is 1. The third-order valence-electron chi connectivity index (χ3n) is 3.26. The number of Topliss-reactive ketones (excluding diaryl/α,β-unsaturated/α-hetero) is 1.